The van der Waals surface area contributed by atoms with Gasteiger partial charge >= 0.3 is 11.9 Å². The van der Waals surface area contributed by atoms with Gasteiger partial charge in [-0.3, -0.25) is 4.79 Å². The van der Waals surface area contributed by atoms with Gasteiger partial charge in [-0.2, -0.15) is 0 Å². The summed E-state index contributed by atoms with van der Waals surface area (Å²) in [5.41, 5.74) is 1.32. The number of aromatic hydroxyl groups is 2. The van der Waals surface area contributed by atoms with Crippen LogP contribution >= 0.6 is 0 Å². The third-order valence-electron chi connectivity index (χ3n) is 14.6. The molecule has 3 N–H and O–H groups in total. The molecule has 0 amide bonds. The van der Waals surface area contributed by atoms with Gasteiger partial charge in [0.15, 0.2) is 11.5 Å². The van der Waals surface area contributed by atoms with Gasteiger partial charge in [0.05, 0.1) is 5.41 Å². The van der Waals surface area contributed by atoms with E-state index in [4.69, 9.17) is 4.74 Å². The van der Waals surface area contributed by atoms with Crippen LogP contribution < -0.4 is 0 Å². The van der Waals surface area contributed by atoms with Gasteiger partial charge in [-0.25, -0.2) is 4.79 Å². The van der Waals surface area contributed by atoms with Gasteiger partial charge in [-0.05, 0) is 127 Å². The van der Waals surface area contributed by atoms with Gasteiger partial charge in [-0.1, -0.05) is 66.2 Å². The fourth-order valence-corrected chi connectivity index (χ4v) is 11.9. The lowest BCUT2D eigenvalue weighted by atomic mass is 9.32. The summed E-state index contributed by atoms with van der Waals surface area (Å²) in [6.45, 7) is 16.7. The first-order chi connectivity index (χ1) is 20.9. The van der Waals surface area contributed by atoms with Crippen molar-refractivity contribution in [3.8, 4) is 11.5 Å². The molecule has 6 rings (SSSR count). The van der Waals surface area contributed by atoms with Crippen molar-refractivity contribution in [2.45, 2.75) is 119 Å². The molecule has 1 aromatic rings. The Hall–Kier alpha value is -2.76. The van der Waals surface area contributed by atoms with E-state index in [0.717, 1.165) is 64.2 Å². The highest BCUT2D eigenvalue weighted by Gasteiger charge is 2.70. The molecule has 6 nitrogen and oxygen atoms in total. The minimum Gasteiger partial charge on any atom is -0.504 e. The van der Waals surface area contributed by atoms with E-state index in [2.05, 4.69) is 54.5 Å². The number of carboxylic acids is 1. The Morgan fingerprint density at radius 3 is 2.20 bits per heavy atom. The average molecular weight is 619 g/mol. The molecule has 4 saturated carbocycles. The summed E-state index contributed by atoms with van der Waals surface area (Å²) in [5.74, 6) is -0.139. The molecule has 246 valence electrons. The molecule has 0 saturated heterocycles. The Morgan fingerprint density at radius 2 is 1.51 bits per heavy atom. The zero-order valence-corrected chi connectivity index (χ0v) is 28.4. The second-order valence-electron chi connectivity index (χ2n) is 17.5. The normalized spacial score (nSPS) is 41.5. The number of hydrogen-bond donors (Lipinski definition) is 3. The monoisotopic (exact) mass is 618 g/mol. The number of ether oxygens (including phenoxy) is 1. The third-order valence-corrected chi connectivity index (χ3v) is 14.6. The SMILES string of the molecule is CC1(C)C=C2[C@H]3CC[C@@H]4[C@@]5(C)CC[C@H](OC(=O)/C=C/c6ccc(O)c(O)c6)C(C)(C)[C@@H]5CC[C@@]4(C)[C@]3(C)CC[C@@]2(C(=O)O)CC1. The number of carbonyl (C=O) groups is 2. The van der Waals surface area contributed by atoms with E-state index in [1.54, 1.807) is 12.1 Å². The Balaban J connectivity index is 1.24. The number of carboxylic acid groups (broad SMARTS) is 1. The van der Waals surface area contributed by atoms with Crippen molar-refractivity contribution in [3.05, 3.63) is 41.5 Å². The zero-order valence-electron chi connectivity index (χ0n) is 28.4. The number of phenols is 2. The highest BCUT2D eigenvalue weighted by molar-refractivity contribution is 5.87. The van der Waals surface area contributed by atoms with E-state index in [1.165, 1.54) is 23.8 Å². The topological polar surface area (TPSA) is 104 Å². The Bertz CT molecular complexity index is 1450. The highest BCUT2D eigenvalue weighted by Crippen LogP contribution is 2.76. The quantitative estimate of drug-likeness (QED) is 0.135. The summed E-state index contributed by atoms with van der Waals surface area (Å²) < 4.78 is 6.15. The van der Waals surface area contributed by atoms with E-state index in [9.17, 15) is 24.9 Å². The summed E-state index contributed by atoms with van der Waals surface area (Å²) in [6.07, 6.45) is 14.9. The molecule has 1 aromatic carbocycles. The number of benzene rings is 1. The van der Waals surface area contributed by atoms with Crippen LogP contribution in [-0.2, 0) is 14.3 Å². The van der Waals surface area contributed by atoms with E-state index in [-0.39, 0.29) is 50.6 Å². The number of fused-ring (bicyclic) bond motifs is 7. The van der Waals surface area contributed by atoms with Gasteiger partial charge < -0.3 is 20.1 Å². The van der Waals surface area contributed by atoms with Crippen molar-refractivity contribution < 1.29 is 29.6 Å². The Kier molecular flexibility index (Phi) is 7.42. The number of carbonyl (C=O) groups excluding carboxylic acids is 1. The molecule has 0 radical (unpaired) electrons. The smallest absolute Gasteiger partial charge is 0.331 e. The molecular weight excluding hydrogens is 564 g/mol. The summed E-state index contributed by atoms with van der Waals surface area (Å²) in [5, 5.41) is 30.0. The fraction of sp³-hybridized carbons (Fsp3) is 0.692. The Morgan fingerprint density at radius 1 is 0.800 bits per heavy atom. The third kappa shape index (κ3) is 4.70. The second kappa shape index (κ2) is 10.4. The number of allylic oxidation sites excluding steroid dienone is 1. The molecule has 0 unspecified atom stereocenters. The van der Waals surface area contributed by atoms with Crippen molar-refractivity contribution >= 4 is 18.0 Å². The Labute approximate surface area is 269 Å². The number of aliphatic carboxylic acids is 1. The molecule has 45 heavy (non-hydrogen) atoms. The maximum absolute atomic E-state index is 13.0. The van der Waals surface area contributed by atoms with Crippen LogP contribution in [-0.4, -0.2) is 33.4 Å². The first-order valence-corrected chi connectivity index (χ1v) is 17.3. The molecule has 4 fully saturated rings. The maximum Gasteiger partial charge on any atom is 0.331 e. The molecule has 8 atom stereocenters. The van der Waals surface area contributed by atoms with Gasteiger partial charge in [0, 0.05) is 11.5 Å². The van der Waals surface area contributed by atoms with Crippen LogP contribution in [0.3, 0.4) is 0 Å². The van der Waals surface area contributed by atoms with Gasteiger partial charge in [0.1, 0.15) is 6.10 Å². The standard InChI is InChI=1S/C39H54O6/c1-34(2)18-20-39(33(43)44)21-19-37(6)25(26(39)23-34)10-12-30-36(5)16-15-31(35(3,4)29(36)14-17-38(30,37)7)45-32(42)13-9-24-8-11-27(40)28(41)22-24/h8-9,11,13,22-23,25,29-31,40-41H,10,12,14-21H2,1-7H3,(H,43,44)/b13-9+/t25-,29+,30-,31+,36+,37-,38-,39+/m1/s1. The molecule has 5 aliphatic rings. The minimum atomic E-state index is -0.689. The maximum atomic E-state index is 13.0. The number of rotatable bonds is 4. The summed E-state index contributed by atoms with van der Waals surface area (Å²) in [7, 11) is 0. The van der Waals surface area contributed by atoms with Crippen molar-refractivity contribution in [2.24, 2.45) is 50.2 Å². The predicted molar refractivity (Wildman–Crippen MR) is 175 cm³/mol. The van der Waals surface area contributed by atoms with Crippen LogP contribution in [0.4, 0.5) is 0 Å². The molecule has 0 heterocycles. The number of hydrogen-bond acceptors (Lipinski definition) is 5. The van der Waals surface area contributed by atoms with E-state index in [0.29, 0.717) is 23.3 Å². The first kappa shape index (κ1) is 32.2. The van der Waals surface area contributed by atoms with Crippen LogP contribution in [0.2, 0.25) is 0 Å². The lowest BCUT2D eigenvalue weighted by Gasteiger charge is -2.72. The van der Waals surface area contributed by atoms with E-state index in [1.807, 2.05) is 0 Å². The largest absolute Gasteiger partial charge is 0.504 e. The van der Waals surface area contributed by atoms with Crippen molar-refractivity contribution in [2.75, 3.05) is 0 Å². The highest BCUT2D eigenvalue weighted by atomic mass is 16.5. The minimum absolute atomic E-state index is 0.0365. The van der Waals surface area contributed by atoms with Crippen LogP contribution in [0.5, 0.6) is 11.5 Å². The van der Waals surface area contributed by atoms with Crippen LogP contribution in [0, 0.1) is 50.2 Å². The first-order valence-electron chi connectivity index (χ1n) is 17.3. The lowest BCUT2D eigenvalue weighted by Crippen LogP contribution is -2.66. The fourth-order valence-electron chi connectivity index (χ4n) is 11.9. The summed E-state index contributed by atoms with van der Waals surface area (Å²) in [6, 6.07) is 4.46. The molecular formula is C39H54O6. The predicted octanol–water partition coefficient (Wildman–Crippen LogP) is 8.91. The molecule has 6 heteroatoms. The lowest BCUT2D eigenvalue weighted by molar-refractivity contribution is -0.233. The molecule has 5 aliphatic carbocycles. The van der Waals surface area contributed by atoms with Crippen molar-refractivity contribution in [1.29, 1.82) is 0 Å². The van der Waals surface area contributed by atoms with Crippen LogP contribution in [0.25, 0.3) is 6.08 Å². The molecule has 0 bridgehead atoms. The molecule has 0 aliphatic heterocycles. The number of esters is 1. The van der Waals surface area contributed by atoms with Crippen molar-refractivity contribution in [3.63, 3.8) is 0 Å². The van der Waals surface area contributed by atoms with E-state index >= 15 is 0 Å². The van der Waals surface area contributed by atoms with Gasteiger partial charge in [0.25, 0.3) is 0 Å². The van der Waals surface area contributed by atoms with Crippen molar-refractivity contribution in [1.82, 2.24) is 0 Å². The van der Waals surface area contributed by atoms with E-state index < -0.39 is 11.4 Å². The summed E-state index contributed by atoms with van der Waals surface area (Å²) in [4.78, 5) is 25.9. The summed E-state index contributed by atoms with van der Waals surface area (Å²) >= 11 is 0. The molecule has 0 spiro atoms. The molecule has 0 aromatic heterocycles. The van der Waals surface area contributed by atoms with Gasteiger partial charge in [0.2, 0.25) is 0 Å². The van der Waals surface area contributed by atoms with Crippen LogP contribution in [0.1, 0.15) is 118 Å². The van der Waals surface area contributed by atoms with Gasteiger partial charge in [-0.15, -0.1) is 0 Å². The number of phenolic OH excluding ortho intramolecular Hbond substituents is 2. The average Bonchev–Trinajstić information content (AvgIpc) is 2.95. The van der Waals surface area contributed by atoms with Crippen LogP contribution in [0.15, 0.2) is 35.9 Å². The zero-order chi connectivity index (χ0) is 32.8. The second-order valence-corrected chi connectivity index (χ2v) is 17.5.